The van der Waals surface area contributed by atoms with Gasteiger partial charge in [-0.1, -0.05) is 13.8 Å². The lowest BCUT2D eigenvalue weighted by Gasteiger charge is -2.20. The summed E-state index contributed by atoms with van der Waals surface area (Å²) in [4.78, 5) is 15.6. The van der Waals surface area contributed by atoms with Crippen LogP contribution in [0.2, 0.25) is 0 Å². The number of amides is 1. The average Bonchev–Trinajstić information content (AvgIpc) is 3.24. The first kappa shape index (κ1) is 25.5. The number of fused-ring (bicyclic) bond motifs is 1. The summed E-state index contributed by atoms with van der Waals surface area (Å²) in [7, 11) is -2.50. The highest BCUT2D eigenvalue weighted by atomic mass is 32.2. The Hall–Kier alpha value is -3.09. The van der Waals surface area contributed by atoms with Crippen LogP contribution in [0.3, 0.4) is 0 Å². The summed E-state index contributed by atoms with van der Waals surface area (Å²) in [5.74, 6) is 0.0949. The number of carboxylic acid groups (broad SMARTS) is 1. The molecule has 0 saturated heterocycles. The number of rotatable bonds is 8. The molecule has 0 fully saturated rings. The molecular weight excluding hydrogens is 475 g/mol. The number of hydrogen-bond donors (Lipinski definition) is 1. The summed E-state index contributed by atoms with van der Waals surface area (Å²) >= 11 is 0. The van der Waals surface area contributed by atoms with Gasteiger partial charge in [0.05, 0.1) is 17.0 Å². The molecule has 0 aliphatic heterocycles. The molecule has 0 aliphatic carbocycles. The molecule has 3 heterocycles. The smallest absolute Gasteiger partial charge is 0.421 e. The van der Waals surface area contributed by atoms with E-state index in [0.717, 1.165) is 12.3 Å². The van der Waals surface area contributed by atoms with Gasteiger partial charge >= 0.3 is 12.3 Å². The number of nitrogens with zero attached hydrogens (tertiary/aromatic N) is 5. The second kappa shape index (κ2) is 9.28. The Balaban J connectivity index is 1.95. The van der Waals surface area contributed by atoms with Crippen molar-refractivity contribution in [1.29, 1.82) is 0 Å². The van der Waals surface area contributed by atoms with E-state index in [9.17, 15) is 31.5 Å². The van der Waals surface area contributed by atoms with Gasteiger partial charge in [-0.2, -0.15) is 18.3 Å². The van der Waals surface area contributed by atoms with Gasteiger partial charge in [0.1, 0.15) is 11.5 Å². The molecule has 0 radical (unpaired) electrons. The fourth-order valence-corrected chi connectivity index (χ4v) is 5.01. The van der Waals surface area contributed by atoms with Crippen LogP contribution in [0.4, 0.5) is 18.0 Å². The van der Waals surface area contributed by atoms with E-state index < -0.39 is 33.6 Å². The Morgan fingerprint density at radius 3 is 2.56 bits per heavy atom. The molecule has 13 heteroatoms. The molecule has 186 valence electrons. The van der Waals surface area contributed by atoms with E-state index in [4.69, 9.17) is 0 Å². The fraction of sp³-hybridized carbons (Fsp3) is 0.476. The van der Waals surface area contributed by atoms with Crippen molar-refractivity contribution < 1.29 is 31.5 Å². The zero-order valence-corrected chi connectivity index (χ0v) is 20.0. The Kier molecular flexibility index (Phi) is 6.97. The molecule has 3 aromatic rings. The number of aromatic nitrogens is 4. The highest BCUT2D eigenvalue weighted by Crippen LogP contribution is 2.32. The van der Waals surface area contributed by atoms with Crippen molar-refractivity contribution in [3.63, 3.8) is 0 Å². The van der Waals surface area contributed by atoms with E-state index in [-0.39, 0.29) is 29.9 Å². The molecule has 0 aromatic carbocycles. The van der Waals surface area contributed by atoms with Crippen LogP contribution < -0.4 is 0 Å². The van der Waals surface area contributed by atoms with Crippen LogP contribution >= 0.6 is 0 Å². The lowest BCUT2D eigenvalue weighted by Crippen LogP contribution is -2.39. The number of hydrogen-bond acceptors (Lipinski definition) is 5. The van der Waals surface area contributed by atoms with Gasteiger partial charge in [0.15, 0.2) is 0 Å². The van der Waals surface area contributed by atoms with Gasteiger partial charge < -0.3 is 5.11 Å². The van der Waals surface area contributed by atoms with Crippen molar-refractivity contribution in [2.75, 3.05) is 12.3 Å². The molecule has 0 atom stereocenters. The second-order valence-corrected chi connectivity index (χ2v) is 10.4. The molecule has 0 saturated carbocycles. The number of pyridine rings is 1. The normalized spacial score (nSPS) is 12.6. The highest BCUT2D eigenvalue weighted by Gasteiger charge is 2.32. The van der Waals surface area contributed by atoms with Gasteiger partial charge in [-0.3, -0.25) is 9.25 Å². The van der Waals surface area contributed by atoms with Crippen molar-refractivity contribution in [3.8, 4) is 5.82 Å². The minimum absolute atomic E-state index is 0.0386. The molecule has 0 bridgehead atoms. The largest absolute Gasteiger partial charge is 0.464 e. The molecule has 0 aliphatic rings. The zero-order chi connectivity index (χ0) is 25.4. The van der Waals surface area contributed by atoms with Crippen molar-refractivity contribution in [3.05, 3.63) is 41.3 Å². The van der Waals surface area contributed by atoms with Crippen molar-refractivity contribution in [2.45, 2.75) is 39.8 Å². The monoisotopic (exact) mass is 501 g/mol. The topological polar surface area (TPSA) is 110 Å². The third-order valence-corrected chi connectivity index (χ3v) is 7.19. The summed E-state index contributed by atoms with van der Waals surface area (Å²) in [6.45, 7) is 5.28. The van der Waals surface area contributed by atoms with Crippen LogP contribution in [-0.4, -0.2) is 55.6 Å². The average molecular weight is 502 g/mol. The lowest BCUT2D eigenvalue weighted by atomic mass is 10.1. The van der Waals surface area contributed by atoms with Gasteiger partial charge in [0, 0.05) is 36.9 Å². The molecule has 0 unspecified atom stereocenters. The number of alkyl halides is 3. The Morgan fingerprint density at radius 2 is 1.97 bits per heavy atom. The maximum atomic E-state index is 13.0. The predicted molar refractivity (Wildman–Crippen MR) is 119 cm³/mol. The maximum Gasteiger partial charge on any atom is 0.421 e. The van der Waals surface area contributed by atoms with Gasteiger partial charge in [-0.05, 0) is 37.8 Å². The summed E-state index contributed by atoms with van der Waals surface area (Å²) < 4.78 is 68.3. The maximum absolute atomic E-state index is 13.0. The first-order valence-electron chi connectivity index (χ1n) is 10.5. The van der Waals surface area contributed by atoms with Crippen molar-refractivity contribution in [2.24, 2.45) is 13.0 Å². The molecule has 3 aromatic heterocycles. The first-order valence-corrected chi connectivity index (χ1v) is 12.1. The van der Waals surface area contributed by atoms with Gasteiger partial charge in [0.25, 0.3) is 0 Å². The molecule has 1 N–H and O–H groups in total. The van der Waals surface area contributed by atoms with Crippen molar-refractivity contribution >= 4 is 27.1 Å². The van der Waals surface area contributed by atoms with E-state index in [1.807, 2.05) is 13.8 Å². The molecule has 9 nitrogen and oxygen atoms in total. The van der Waals surface area contributed by atoms with Crippen LogP contribution in [0.15, 0.2) is 24.5 Å². The van der Waals surface area contributed by atoms with E-state index >= 15 is 0 Å². The van der Waals surface area contributed by atoms with E-state index in [0.29, 0.717) is 27.8 Å². The lowest BCUT2D eigenvalue weighted by molar-refractivity contribution is -0.137. The number of halogens is 3. The molecule has 34 heavy (non-hydrogen) atoms. The summed E-state index contributed by atoms with van der Waals surface area (Å²) in [5, 5.41) is 14.0. The summed E-state index contributed by atoms with van der Waals surface area (Å²) in [6.07, 6.45) is -3.43. The van der Waals surface area contributed by atoms with Crippen molar-refractivity contribution in [1.82, 2.24) is 23.6 Å². The van der Waals surface area contributed by atoms with Crippen LogP contribution in [-0.2, 0) is 29.7 Å². The fourth-order valence-electron chi connectivity index (χ4n) is 3.70. The minimum Gasteiger partial charge on any atom is -0.464 e. The number of carbonyl (C=O) groups is 1. The Bertz CT molecular complexity index is 1310. The summed E-state index contributed by atoms with van der Waals surface area (Å²) in [5.41, 5.74) is 0.426. The SMILES string of the molecule is Cc1nn(C)c(-n2ccc3cc(C(F)(F)F)cnc32)c1CCS(=O)(=O)N(CCC(C)C)C(=O)O. The first-order chi connectivity index (χ1) is 15.7. The standard InChI is InChI=1S/C21H26F3N5O4S/c1-13(2)5-9-29(20(30)31)34(32,33)10-7-17-14(3)26-27(4)19(17)28-8-6-15-11-16(21(22,23)24)12-25-18(15)28/h6,8,11-13H,5,7,9-10H2,1-4H3,(H,30,31). The zero-order valence-electron chi connectivity index (χ0n) is 19.2. The molecular formula is C21H26F3N5O4S. The van der Waals surface area contributed by atoms with Crippen LogP contribution in [0.25, 0.3) is 16.9 Å². The second-order valence-electron chi connectivity index (χ2n) is 8.43. The van der Waals surface area contributed by atoms with Crippen LogP contribution in [0.1, 0.15) is 37.1 Å². The molecule has 0 spiro atoms. The van der Waals surface area contributed by atoms with Gasteiger partial charge in [0.2, 0.25) is 10.0 Å². The number of aryl methyl sites for hydroxylation is 2. The highest BCUT2D eigenvalue weighted by molar-refractivity contribution is 7.89. The van der Waals surface area contributed by atoms with Gasteiger partial charge in [-0.25, -0.2) is 22.5 Å². The Labute approximate surface area is 194 Å². The van der Waals surface area contributed by atoms with E-state index in [1.165, 1.54) is 10.7 Å². The number of sulfonamides is 1. The van der Waals surface area contributed by atoms with E-state index in [1.54, 1.807) is 24.7 Å². The van der Waals surface area contributed by atoms with Crippen LogP contribution in [0, 0.1) is 12.8 Å². The predicted octanol–water partition coefficient (Wildman–Crippen LogP) is 3.98. The third-order valence-electron chi connectivity index (χ3n) is 5.46. The molecule has 1 amide bonds. The third kappa shape index (κ3) is 5.18. The van der Waals surface area contributed by atoms with Crippen LogP contribution in [0.5, 0.6) is 0 Å². The minimum atomic E-state index is -4.53. The summed E-state index contributed by atoms with van der Waals surface area (Å²) in [6, 6.07) is 2.48. The molecule has 3 rings (SSSR count). The van der Waals surface area contributed by atoms with Gasteiger partial charge in [-0.15, -0.1) is 0 Å². The Morgan fingerprint density at radius 1 is 1.29 bits per heavy atom. The van der Waals surface area contributed by atoms with E-state index in [2.05, 4.69) is 10.1 Å². The quantitative estimate of drug-likeness (QED) is 0.500.